The van der Waals surface area contributed by atoms with Crippen molar-refractivity contribution >= 4 is 0 Å². The zero-order chi connectivity index (χ0) is 12.4. The fourth-order valence-corrected chi connectivity index (χ4v) is 2.19. The average molecular weight is 228 g/mol. The maximum absolute atomic E-state index is 6.33. The Morgan fingerprint density at radius 3 is 1.81 bits per heavy atom. The van der Waals surface area contributed by atoms with Gasteiger partial charge in [0.1, 0.15) is 0 Å². The summed E-state index contributed by atoms with van der Waals surface area (Å²) in [4.78, 5) is 2.56. The van der Waals surface area contributed by atoms with Gasteiger partial charge in [-0.2, -0.15) is 0 Å². The third-order valence-electron chi connectivity index (χ3n) is 3.06. The van der Waals surface area contributed by atoms with E-state index >= 15 is 0 Å². The van der Waals surface area contributed by atoms with E-state index in [4.69, 9.17) is 5.73 Å². The number of nitrogens with zero attached hydrogens (tertiary/aromatic N) is 1. The largest absolute Gasteiger partial charge is 0.324 e. The van der Waals surface area contributed by atoms with Gasteiger partial charge < -0.3 is 10.6 Å². The minimum absolute atomic E-state index is 0.00374. The van der Waals surface area contributed by atoms with Crippen LogP contribution in [0.1, 0.15) is 66.2 Å². The van der Waals surface area contributed by atoms with Crippen LogP contribution in [0.15, 0.2) is 0 Å². The van der Waals surface area contributed by atoms with Gasteiger partial charge in [0, 0.05) is 12.1 Å². The predicted molar refractivity (Wildman–Crippen MR) is 73.8 cm³/mol. The zero-order valence-corrected chi connectivity index (χ0v) is 11.9. The summed E-state index contributed by atoms with van der Waals surface area (Å²) in [5, 5.41) is 0. The Kier molecular flexibility index (Phi) is 8.96. The molecule has 0 aromatic carbocycles. The summed E-state index contributed by atoms with van der Waals surface area (Å²) in [6, 6.07) is 0. The lowest BCUT2D eigenvalue weighted by Gasteiger charge is -2.32. The average Bonchev–Trinajstić information content (AvgIpc) is 2.21. The normalized spacial score (nSPS) is 15.4. The minimum Gasteiger partial charge on any atom is -0.324 e. The van der Waals surface area contributed by atoms with Crippen molar-refractivity contribution in [3.05, 3.63) is 0 Å². The Morgan fingerprint density at radius 2 is 1.44 bits per heavy atom. The molecule has 0 aromatic rings. The molecule has 0 radical (unpaired) electrons. The Labute approximate surface area is 103 Å². The van der Waals surface area contributed by atoms with E-state index < -0.39 is 0 Å². The van der Waals surface area contributed by atoms with E-state index in [9.17, 15) is 0 Å². The quantitative estimate of drug-likeness (QED) is 0.621. The van der Waals surface area contributed by atoms with Gasteiger partial charge in [-0.3, -0.25) is 0 Å². The summed E-state index contributed by atoms with van der Waals surface area (Å²) in [5.41, 5.74) is 6.33. The number of unbranched alkanes of at least 4 members (excludes halogenated alkanes) is 2. The van der Waals surface area contributed by atoms with E-state index in [1.54, 1.807) is 0 Å². The van der Waals surface area contributed by atoms with Gasteiger partial charge in [0.2, 0.25) is 0 Å². The van der Waals surface area contributed by atoms with E-state index in [0.29, 0.717) is 0 Å². The van der Waals surface area contributed by atoms with Gasteiger partial charge in [-0.15, -0.1) is 0 Å². The first-order chi connectivity index (χ1) is 7.55. The summed E-state index contributed by atoms with van der Waals surface area (Å²) < 4.78 is 0. The summed E-state index contributed by atoms with van der Waals surface area (Å²) in [5.74, 6) is 0. The molecule has 0 aliphatic rings. The molecule has 98 valence electrons. The van der Waals surface area contributed by atoms with Crippen molar-refractivity contribution < 1.29 is 0 Å². The van der Waals surface area contributed by atoms with Gasteiger partial charge in [-0.1, -0.05) is 40.0 Å². The molecule has 2 N–H and O–H groups in total. The van der Waals surface area contributed by atoms with Crippen molar-refractivity contribution in [1.82, 2.24) is 4.90 Å². The lowest BCUT2D eigenvalue weighted by molar-refractivity contribution is 0.204. The fourth-order valence-electron chi connectivity index (χ4n) is 2.19. The highest BCUT2D eigenvalue weighted by Crippen LogP contribution is 2.12. The lowest BCUT2D eigenvalue weighted by Crippen LogP contribution is -2.48. The molecule has 0 aliphatic heterocycles. The molecule has 0 saturated carbocycles. The molecule has 0 aromatic heterocycles. The molecular formula is C14H32N2. The molecule has 0 amide bonds. The first-order valence-corrected chi connectivity index (χ1v) is 7.07. The van der Waals surface area contributed by atoms with Crippen LogP contribution in [-0.2, 0) is 0 Å². The van der Waals surface area contributed by atoms with E-state index in [1.165, 1.54) is 45.2 Å². The van der Waals surface area contributed by atoms with Gasteiger partial charge in [-0.25, -0.2) is 0 Å². The van der Waals surface area contributed by atoms with Crippen molar-refractivity contribution in [2.24, 2.45) is 5.73 Å². The second-order valence-electron chi connectivity index (χ2n) is 5.39. The van der Waals surface area contributed by atoms with Crippen molar-refractivity contribution in [1.29, 1.82) is 0 Å². The molecule has 1 unspecified atom stereocenters. The fraction of sp³-hybridized carbons (Fsp3) is 1.00. The molecule has 2 nitrogen and oxygen atoms in total. The van der Waals surface area contributed by atoms with Crippen molar-refractivity contribution in [2.75, 3.05) is 19.6 Å². The highest BCUT2D eigenvalue weighted by molar-refractivity contribution is 4.82. The number of nitrogens with two attached hydrogens (primary N) is 1. The third-order valence-corrected chi connectivity index (χ3v) is 3.06. The van der Waals surface area contributed by atoms with E-state index in [-0.39, 0.29) is 5.54 Å². The van der Waals surface area contributed by atoms with Crippen LogP contribution in [0.25, 0.3) is 0 Å². The standard InChI is InChI=1S/C14H32N2/c1-5-8-11-16(12-9-6-2)13-14(4,15)10-7-3/h5-13,15H2,1-4H3. The molecular weight excluding hydrogens is 196 g/mol. The second-order valence-corrected chi connectivity index (χ2v) is 5.39. The van der Waals surface area contributed by atoms with Gasteiger partial charge in [0.05, 0.1) is 0 Å². The van der Waals surface area contributed by atoms with Crippen molar-refractivity contribution in [3.63, 3.8) is 0 Å². The molecule has 0 heterocycles. The molecule has 0 bridgehead atoms. The Balaban J connectivity index is 4.06. The van der Waals surface area contributed by atoms with Crippen LogP contribution in [0.3, 0.4) is 0 Å². The van der Waals surface area contributed by atoms with Crippen molar-refractivity contribution in [2.45, 2.75) is 71.8 Å². The first kappa shape index (κ1) is 15.9. The van der Waals surface area contributed by atoms with Crippen molar-refractivity contribution in [3.8, 4) is 0 Å². The summed E-state index contributed by atoms with van der Waals surface area (Å²) >= 11 is 0. The first-order valence-electron chi connectivity index (χ1n) is 7.07. The molecule has 16 heavy (non-hydrogen) atoms. The second kappa shape index (κ2) is 9.00. The Morgan fingerprint density at radius 1 is 0.938 bits per heavy atom. The van der Waals surface area contributed by atoms with Crippen LogP contribution < -0.4 is 5.73 Å². The predicted octanol–water partition coefficient (Wildman–Crippen LogP) is 3.41. The molecule has 0 rings (SSSR count). The monoisotopic (exact) mass is 228 g/mol. The highest BCUT2D eigenvalue weighted by atomic mass is 15.1. The topological polar surface area (TPSA) is 29.3 Å². The van der Waals surface area contributed by atoms with E-state index in [1.807, 2.05) is 0 Å². The number of hydrogen-bond acceptors (Lipinski definition) is 2. The van der Waals surface area contributed by atoms with E-state index in [2.05, 4.69) is 32.6 Å². The molecule has 0 saturated heterocycles. The molecule has 1 atom stereocenters. The summed E-state index contributed by atoms with van der Waals surface area (Å²) in [7, 11) is 0. The van der Waals surface area contributed by atoms with Gasteiger partial charge in [0.15, 0.2) is 0 Å². The third kappa shape index (κ3) is 8.12. The summed E-state index contributed by atoms with van der Waals surface area (Å²) in [6.07, 6.45) is 7.46. The zero-order valence-electron chi connectivity index (χ0n) is 11.9. The summed E-state index contributed by atoms with van der Waals surface area (Å²) in [6.45, 7) is 12.4. The SMILES string of the molecule is CCCCN(CCCC)CC(C)(N)CCC. The van der Waals surface area contributed by atoms with Gasteiger partial charge >= 0.3 is 0 Å². The molecule has 0 aliphatic carbocycles. The molecule has 0 spiro atoms. The smallest absolute Gasteiger partial charge is 0.0254 e. The Bertz CT molecular complexity index is 147. The minimum atomic E-state index is -0.00374. The van der Waals surface area contributed by atoms with Crippen LogP contribution in [0.5, 0.6) is 0 Å². The van der Waals surface area contributed by atoms with E-state index in [0.717, 1.165) is 13.0 Å². The van der Waals surface area contributed by atoms with Gasteiger partial charge in [0.25, 0.3) is 0 Å². The number of hydrogen-bond donors (Lipinski definition) is 1. The van der Waals surface area contributed by atoms with Crippen LogP contribution in [0.2, 0.25) is 0 Å². The Hall–Kier alpha value is -0.0800. The van der Waals surface area contributed by atoms with Crippen LogP contribution >= 0.6 is 0 Å². The van der Waals surface area contributed by atoms with Crippen LogP contribution in [-0.4, -0.2) is 30.1 Å². The maximum atomic E-state index is 6.33. The van der Waals surface area contributed by atoms with Crippen LogP contribution in [0.4, 0.5) is 0 Å². The van der Waals surface area contributed by atoms with Gasteiger partial charge in [-0.05, 0) is 39.3 Å². The lowest BCUT2D eigenvalue weighted by atomic mass is 9.96. The number of rotatable bonds is 10. The highest BCUT2D eigenvalue weighted by Gasteiger charge is 2.20. The molecule has 2 heteroatoms. The maximum Gasteiger partial charge on any atom is 0.0254 e. The van der Waals surface area contributed by atoms with Crippen LogP contribution in [0, 0.1) is 0 Å². The molecule has 0 fully saturated rings.